The topological polar surface area (TPSA) is 47.3 Å². The van der Waals surface area contributed by atoms with Crippen molar-refractivity contribution in [2.24, 2.45) is 0 Å². The summed E-state index contributed by atoms with van der Waals surface area (Å²) in [4.78, 5) is 4.63. The van der Waals surface area contributed by atoms with E-state index in [1.165, 1.54) is 0 Å². The summed E-state index contributed by atoms with van der Waals surface area (Å²) in [6, 6.07) is 8.09. The lowest BCUT2D eigenvalue weighted by molar-refractivity contribution is 0.147. The van der Waals surface area contributed by atoms with Crippen molar-refractivity contribution in [2.45, 2.75) is 20.3 Å². The van der Waals surface area contributed by atoms with Gasteiger partial charge in [-0.1, -0.05) is 18.2 Å². The van der Waals surface area contributed by atoms with Gasteiger partial charge in [-0.3, -0.25) is 0 Å². The Morgan fingerprint density at radius 2 is 2.18 bits per heavy atom. The van der Waals surface area contributed by atoms with Crippen LogP contribution in [0, 0.1) is 6.92 Å². The quantitative estimate of drug-likeness (QED) is 0.642. The van der Waals surface area contributed by atoms with E-state index in [0.29, 0.717) is 0 Å². The highest BCUT2D eigenvalue weighted by Gasteiger charge is 2.14. The number of ether oxygens (including phenoxy) is 1. The number of furan rings is 1. The summed E-state index contributed by atoms with van der Waals surface area (Å²) in [6.45, 7) is 6.51. The van der Waals surface area contributed by atoms with Crippen LogP contribution < -0.4 is 5.32 Å². The van der Waals surface area contributed by atoms with Crippen LogP contribution in [0.4, 0.5) is 5.13 Å². The number of aryl methyl sites for hydroxylation is 1. The minimum atomic E-state index is 0.771. The number of thiazole rings is 1. The van der Waals surface area contributed by atoms with Gasteiger partial charge < -0.3 is 14.5 Å². The van der Waals surface area contributed by atoms with Crippen LogP contribution >= 0.6 is 11.3 Å². The molecule has 2 aromatic heterocycles. The Kier molecular flexibility index (Phi) is 4.75. The number of rotatable bonds is 7. The maximum atomic E-state index is 5.95. The van der Waals surface area contributed by atoms with Crippen LogP contribution in [0.1, 0.15) is 18.9 Å². The molecule has 0 fully saturated rings. The van der Waals surface area contributed by atoms with Crippen LogP contribution in [-0.4, -0.2) is 24.7 Å². The number of hydrogen-bond donors (Lipinski definition) is 1. The van der Waals surface area contributed by atoms with E-state index in [2.05, 4.69) is 23.3 Å². The van der Waals surface area contributed by atoms with E-state index < -0.39 is 0 Å². The highest BCUT2D eigenvalue weighted by Crippen LogP contribution is 2.34. The number of nitrogens with one attached hydrogen (secondary N) is 1. The SMILES string of the molecule is CCOCCCNc1nc(-c2oc3ccccc3c2C)cs1. The lowest BCUT2D eigenvalue weighted by Gasteiger charge is -2.02. The standard InChI is InChI=1S/C17H20N2O2S/c1-3-20-10-6-9-18-17-19-14(11-22-17)16-12(2)13-7-4-5-8-15(13)21-16/h4-5,7-8,11H,3,6,9-10H2,1-2H3,(H,18,19). The molecule has 0 radical (unpaired) electrons. The molecule has 0 saturated heterocycles. The molecule has 0 amide bonds. The van der Waals surface area contributed by atoms with E-state index in [1.54, 1.807) is 11.3 Å². The fourth-order valence-electron chi connectivity index (χ4n) is 2.39. The van der Waals surface area contributed by atoms with Crippen LogP contribution in [0.2, 0.25) is 0 Å². The Bertz CT molecular complexity index is 748. The molecule has 0 spiro atoms. The molecule has 3 aromatic rings. The molecule has 0 atom stereocenters. The van der Waals surface area contributed by atoms with E-state index in [0.717, 1.165) is 59.3 Å². The molecule has 0 aliphatic carbocycles. The number of hydrogen-bond acceptors (Lipinski definition) is 5. The average Bonchev–Trinajstić information content (AvgIpc) is 3.12. The molecule has 3 rings (SSSR count). The fraction of sp³-hybridized carbons (Fsp3) is 0.353. The second-order valence-corrected chi connectivity index (χ2v) is 5.93. The highest BCUT2D eigenvalue weighted by atomic mass is 32.1. The van der Waals surface area contributed by atoms with Gasteiger partial charge in [0.05, 0.1) is 0 Å². The normalized spacial score (nSPS) is 11.2. The second-order valence-electron chi connectivity index (χ2n) is 5.07. The highest BCUT2D eigenvalue weighted by molar-refractivity contribution is 7.14. The largest absolute Gasteiger partial charge is 0.454 e. The number of para-hydroxylation sites is 1. The summed E-state index contributed by atoms with van der Waals surface area (Å²) in [7, 11) is 0. The Hall–Kier alpha value is -1.85. The van der Waals surface area contributed by atoms with Gasteiger partial charge >= 0.3 is 0 Å². The Balaban J connectivity index is 1.71. The predicted octanol–water partition coefficient (Wildman–Crippen LogP) is 4.70. The molecule has 116 valence electrons. The first kappa shape index (κ1) is 15.1. The predicted molar refractivity (Wildman–Crippen MR) is 91.7 cm³/mol. The van der Waals surface area contributed by atoms with Crippen molar-refractivity contribution in [2.75, 3.05) is 25.1 Å². The molecule has 0 aliphatic heterocycles. The molecular weight excluding hydrogens is 296 g/mol. The third kappa shape index (κ3) is 3.15. The van der Waals surface area contributed by atoms with E-state index >= 15 is 0 Å². The van der Waals surface area contributed by atoms with Gasteiger partial charge in [0, 0.05) is 36.1 Å². The molecule has 1 aromatic carbocycles. The van der Waals surface area contributed by atoms with Crippen molar-refractivity contribution in [3.63, 3.8) is 0 Å². The average molecular weight is 316 g/mol. The second kappa shape index (κ2) is 6.94. The zero-order valence-electron chi connectivity index (χ0n) is 12.9. The number of nitrogens with zero attached hydrogens (tertiary/aromatic N) is 1. The van der Waals surface area contributed by atoms with Gasteiger partial charge in [-0.15, -0.1) is 11.3 Å². The van der Waals surface area contributed by atoms with Crippen molar-refractivity contribution < 1.29 is 9.15 Å². The van der Waals surface area contributed by atoms with E-state index in [1.807, 2.05) is 30.5 Å². The van der Waals surface area contributed by atoms with Crippen molar-refractivity contribution in [3.05, 3.63) is 35.2 Å². The van der Waals surface area contributed by atoms with Gasteiger partial charge in [-0.2, -0.15) is 0 Å². The van der Waals surface area contributed by atoms with Gasteiger partial charge in [-0.25, -0.2) is 4.98 Å². The third-order valence-electron chi connectivity index (χ3n) is 3.53. The lowest BCUT2D eigenvalue weighted by Crippen LogP contribution is -2.05. The maximum Gasteiger partial charge on any atom is 0.183 e. The summed E-state index contributed by atoms with van der Waals surface area (Å²) in [5.41, 5.74) is 2.95. The smallest absolute Gasteiger partial charge is 0.183 e. The molecular formula is C17H20N2O2S. The van der Waals surface area contributed by atoms with Gasteiger partial charge in [0.25, 0.3) is 0 Å². The first-order chi connectivity index (χ1) is 10.8. The van der Waals surface area contributed by atoms with Crippen molar-refractivity contribution in [1.29, 1.82) is 0 Å². The number of anilines is 1. The van der Waals surface area contributed by atoms with Crippen molar-refractivity contribution in [3.8, 4) is 11.5 Å². The zero-order chi connectivity index (χ0) is 15.4. The summed E-state index contributed by atoms with van der Waals surface area (Å²) in [5, 5.41) is 7.44. The monoisotopic (exact) mass is 316 g/mol. The first-order valence-corrected chi connectivity index (χ1v) is 8.43. The Labute approximate surface area is 134 Å². The molecule has 0 unspecified atom stereocenters. The molecule has 1 N–H and O–H groups in total. The minimum Gasteiger partial charge on any atom is -0.454 e. The molecule has 0 saturated carbocycles. The number of aromatic nitrogens is 1. The van der Waals surface area contributed by atoms with Crippen molar-refractivity contribution in [1.82, 2.24) is 4.98 Å². The molecule has 4 nitrogen and oxygen atoms in total. The van der Waals surface area contributed by atoms with E-state index in [4.69, 9.17) is 9.15 Å². The van der Waals surface area contributed by atoms with Gasteiger partial charge in [-0.05, 0) is 26.3 Å². The van der Waals surface area contributed by atoms with Gasteiger partial charge in [0.2, 0.25) is 0 Å². The van der Waals surface area contributed by atoms with Gasteiger partial charge in [0.1, 0.15) is 11.3 Å². The Morgan fingerprint density at radius 3 is 3.00 bits per heavy atom. The molecule has 0 bridgehead atoms. The molecule has 22 heavy (non-hydrogen) atoms. The van der Waals surface area contributed by atoms with Crippen LogP contribution in [-0.2, 0) is 4.74 Å². The molecule has 0 aliphatic rings. The minimum absolute atomic E-state index is 0.771. The Morgan fingerprint density at radius 1 is 1.32 bits per heavy atom. The lowest BCUT2D eigenvalue weighted by atomic mass is 10.1. The van der Waals surface area contributed by atoms with Crippen molar-refractivity contribution >= 4 is 27.4 Å². The zero-order valence-corrected chi connectivity index (χ0v) is 13.7. The third-order valence-corrected chi connectivity index (χ3v) is 4.33. The fourth-order valence-corrected chi connectivity index (χ4v) is 3.11. The van der Waals surface area contributed by atoms with Crippen LogP contribution in [0.15, 0.2) is 34.1 Å². The van der Waals surface area contributed by atoms with E-state index in [9.17, 15) is 0 Å². The van der Waals surface area contributed by atoms with Gasteiger partial charge in [0.15, 0.2) is 10.9 Å². The van der Waals surface area contributed by atoms with E-state index in [-0.39, 0.29) is 0 Å². The van der Waals surface area contributed by atoms with Crippen LogP contribution in [0.25, 0.3) is 22.4 Å². The van der Waals surface area contributed by atoms with Crippen LogP contribution in [0.5, 0.6) is 0 Å². The molecule has 5 heteroatoms. The number of benzene rings is 1. The molecule has 2 heterocycles. The van der Waals surface area contributed by atoms with Crippen LogP contribution in [0.3, 0.4) is 0 Å². The summed E-state index contributed by atoms with van der Waals surface area (Å²) in [5.74, 6) is 0.861. The summed E-state index contributed by atoms with van der Waals surface area (Å²) in [6.07, 6.45) is 0.979. The first-order valence-electron chi connectivity index (χ1n) is 7.55. The summed E-state index contributed by atoms with van der Waals surface area (Å²) < 4.78 is 11.3. The number of fused-ring (bicyclic) bond motifs is 1. The maximum absolute atomic E-state index is 5.95. The summed E-state index contributed by atoms with van der Waals surface area (Å²) >= 11 is 1.60.